The molecule has 4 nitrogen and oxygen atoms in total. The summed E-state index contributed by atoms with van der Waals surface area (Å²) in [5.74, 6) is 0.635. The molecule has 0 saturated carbocycles. The summed E-state index contributed by atoms with van der Waals surface area (Å²) in [5.41, 5.74) is 3.29. The van der Waals surface area contributed by atoms with Gasteiger partial charge in [0.25, 0.3) is 10.0 Å². The normalized spacial score (nSPS) is 12.2. The molecule has 2 aromatic carbocycles. The Bertz CT molecular complexity index is 877. The zero-order valence-corrected chi connectivity index (χ0v) is 19.0. The summed E-state index contributed by atoms with van der Waals surface area (Å²) in [6.45, 7) is 9.94. The van der Waals surface area contributed by atoms with E-state index in [1.807, 2.05) is 19.1 Å². The number of unbranched alkanes of at least 4 members (excludes halogenated alkanes) is 2. The quantitative estimate of drug-likeness (QED) is 0.379. The maximum atomic E-state index is 13.0. The lowest BCUT2D eigenvalue weighted by Crippen LogP contribution is -2.35. The lowest BCUT2D eigenvalue weighted by molar-refractivity contribution is 0.393. The van der Waals surface area contributed by atoms with Crippen LogP contribution in [0.4, 0.5) is 0 Å². The van der Waals surface area contributed by atoms with E-state index in [4.69, 9.17) is 0 Å². The Kier molecular flexibility index (Phi) is 8.90. The molecule has 29 heavy (non-hydrogen) atoms. The lowest BCUT2D eigenvalue weighted by Gasteiger charge is -2.26. The predicted octanol–water partition coefficient (Wildman–Crippen LogP) is 5.54. The van der Waals surface area contributed by atoms with Crippen molar-refractivity contribution in [2.45, 2.75) is 64.7 Å². The first-order valence-corrected chi connectivity index (χ1v) is 12.0. The van der Waals surface area contributed by atoms with Gasteiger partial charge >= 0.3 is 0 Å². The highest BCUT2D eigenvalue weighted by Gasteiger charge is 2.19. The van der Waals surface area contributed by atoms with E-state index in [2.05, 4.69) is 54.3 Å². The Labute approximate surface area is 176 Å². The van der Waals surface area contributed by atoms with Crippen LogP contribution in [0.5, 0.6) is 0 Å². The average molecular weight is 415 g/mol. The molecule has 0 fully saturated rings. The second-order valence-corrected chi connectivity index (χ2v) is 9.26. The first-order valence-electron chi connectivity index (χ1n) is 10.6. The minimum atomic E-state index is -3.75. The van der Waals surface area contributed by atoms with E-state index in [9.17, 15) is 8.42 Å². The highest BCUT2D eigenvalue weighted by molar-refractivity contribution is 7.90. The standard InChI is InChI=1S/C24H34N2O2S/c1-5-7-17-26(18-8-6-2)24(19-22-13-9-20(3)10-14-22)25-29(27,28)23-15-11-21(4)12-16-23/h9-16H,5-8,17-19H2,1-4H3. The fraction of sp³-hybridized carbons (Fsp3) is 0.458. The molecule has 0 unspecified atom stereocenters. The number of hydrogen-bond donors (Lipinski definition) is 0. The van der Waals surface area contributed by atoms with Crippen molar-refractivity contribution in [3.63, 3.8) is 0 Å². The van der Waals surface area contributed by atoms with Gasteiger partial charge < -0.3 is 4.90 Å². The molecule has 0 aliphatic rings. The van der Waals surface area contributed by atoms with Gasteiger partial charge in [-0.05, 0) is 44.4 Å². The molecule has 0 N–H and O–H groups in total. The number of rotatable bonds is 10. The SMILES string of the molecule is CCCCN(CCCC)C(Cc1ccc(C)cc1)=NS(=O)(=O)c1ccc(C)cc1. The van der Waals surface area contributed by atoms with Crippen LogP contribution in [0.25, 0.3) is 0 Å². The van der Waals surface area contributed by atoms with Gasteiger partial charge in [-0.3, -0.25) is 0 Å². The lowest BCUT2D eigenvalue weighted by atomic mass is 10.1. The third-order valence-corrected chi connectivity index (χ3v) is 6.27. The van der Waals surface area contributed by atoms with Crippen LogP contribution < -0.4 is 0 Å². The van der Waals surface area contributed by atoms with Crippen molar-refractivity contribution < 1.29 is 8.42 Å². The molecule has 2 rings (SSSR count). The number of sulfonamides is 1. The van der Waals surface area contributed by atoms with Gasteiger partial charge in [0.1, 0.15) is 5.84 Å². The Morgan fingerprint density at radius 1 is 0.828 bits per heavy atom. The molecule has 158 valence electrons. The van der Waals surface area contributed by atoms with Gasteiger partial charge in [0, 0.05) is 19.5 Å². The number of hydrogen-bond acceptors (Lipinski definition) is 2. The summed E-state index contributed by atoms with van der Waals surface area (Å²) in [6.07, 6.45) is 4.66. The van der Waals surface area contributed by atoms with Gasteiger partial charge in [-0.2, -0.15) is 8.42 Å². The van der Waals surface area contributed by atoms with Crippen LogP contribution in [0, 0.1) is 13.8 Å². The molecule has 5 heteroatoms. The Morgan fingerprint density at radius 3 is 1.79 bits per heavy atom. The van der Waals surface area contributed by atoms with Crippen LogP contribution in [0.1, 0.15) is 56.2 Å². The summed E-state index contributed by atoms with van der Waals surface area (Å²) >= 11 is 0. The van der Waals surface area contributed by atoms with E-state index in [1.165, 1.54) is 5.56 Å². The van der Waals surface area contributed by atoms with E-state index < -0.39 is 10.0 Å². The molecule has 0 bridgehead atoms. The average Bonchev–Trinajstić information content (AvgIpc) is 2.69. The molecule has 0 aliphatic carbocycles. The van der Waals surface area contributed by atoms with Crippen LogP contribution in [0.15, 0.2) is 57.8 Å². The van der Waals surface area contributed by atoms with Crippen LogP contribution in [0.2, 0.25) is 0 Å². The van der Waals surface area contributed by atoms with Gasteiger partial charge in [-0.1, -0.05) is 74.2 Å². The van der Waals surface area contributed by atoms with Gasteiger partial charge in [-0.15, -0.1) is 4.40 Å². The zero-order valence-electron chi connectivity index (χ0n) is 18.2. The number of nitrogens with zero attached hydrogens (tertiary/aromatic N) is 2. The summed E-state index contributed by atoms with van der Waals surface area (Å²) in [6, 6.07) is 15.1. The second-order valence-electron chi connectivity index (χ2n) is 7.65. The van der Waals surface area contributed by atoms with Crippen LogP contribution in [0.3, 0.4) is 0 Å². The molecule has 0 heterocycles. The third-order valence-electron chi connectivity index (χ3n) is 4.96. The van der Waals surface area contributed by atoms with Crippen molar-refractivity contribution in [3.8, 4) is 0 Å². The monoisotopic (exact) mass is 414 g/mol. The maximum absolute atomic E-state index is 13.0. The van der Waals surface area contributed by atoms with E-state index in [1.54, 1.807) is 12.1 Å². The van der Waals surface area contributed by atoms with E-state index >= 15 is 0 Å². The van der Waals surface area contributed by atoms with Crippen LogP contribution in [-0.2, 0) is 16.4 Å². The van der Waals surface area contributed by atoms with E-state index in [0.29, 0.717) is 12.3 Å². The van der Waals surface area contributed by atoms with Crippen molar-refractivity contribution in [2.75, 3.05) is 13.1 Å². The fourth-order valence-corrected chi connectivity index (χ4v) is 4.10. The first-order chi connectivity index (χ1) is 13.9. The zero-order chi connectivity index (χ0) is 21.3. The van der Waals surface area contributed by atoms with Crippen molar-refractivity contribution in [1.29, 1.82) is 0 Å². The minimum absolute atomic E-state index is 0.246. The second kappa shape index (κ2) is 11.1. The topological polar surface area (TPSA) is 49.7 Å². The number of benzene rings is 2. The van der Waals surface area contributed by atoms with E-state index in [0.717, 1.165) is 49.9 Å². The molecule has 0 radical (unpaired) electrons. The Balaban J connectivity index is 2.43. The van der Waals surface area contributed by atoms with Crippen molar-refractivity contribution >= 4 is 15.9 Å². The molecule has 0 saturated heterocycles. The van der Waals surface area contributed by atoms with Crippen molar-refractivity contribution in [2.24, 2.45) is 4.40 Å². The molecule has 0 spiro atoms. The highest BCUT2D eigenvalue weighted by Crippen LogP contribution is 2.17. The third kappa shape index (κ3) is 7.32. The van der Waals surface area contributed by atoms with Crippen LogP contribution in [-0.4, -0.2) is 32.2 Å². The first kappa shape index (κ1) is 23.1. The molecule has 0 aromatic heterocycles. The van der Waals surface area contributed by atoms with Crippen LogP contribution >= 0.6 is 0 Å². The van der Waals surface area contributed by atoms with Gasteiger partial charge in [0.2, 0.25) is 0 Å². The summed E-state index contributed by atoms with van der Waals surface area (Å²) in [7, 11) is -3.75. The summed E-state index contributed by atoms with van der Waals surface area (Å²) in [5, 5.41) is 0. The molecule has 0 amide bonds. The molecule has 0 aliphatic heterocycles. The molecule has 2 aromatic rings. The molecule has 0 atom stereocenters. The largest absolute Gasteiger partial charge is 0.359 e. The number of aryl methyl sites for hydroxylation is 2. The molecular formula is C24H34N2O2S. The predicted molar refractivity (Wildman–Crippen MR) is 122 cm³/mol. The van der Waals surface area contributed by atoms with Crippen molar-refractivity contribution in [1.82, 2.24) is 4.90 Å². The summed E-state index contributed by atoms with van der Waals surface area (Å²) < 4.78 is 30.4. The Morgan fingerprint density at radius 2 is 1.31 bits per heavy atom. The minimum Gasteiger partial charge on any atom is -0.359 e. The van der Waals surface area contributed by atoms with Gasteiger partial charge in [0.15, 0.2) is 0 Å². The van der Waals surface area contributed by atoms with E-state index in [-0.39, 0.29) is 4.90 Å². The van der Waals surface area contributed by atoms with Gasteiger partial charge in [-0.25, -0.2) is 0 Å². The molecular weight excluding hydrogens is 380 g/mol. The smallest absolute Gasteiger partial charge is 0.283 e. The Hall–Kier alpha value is -2.14. The highest BCUT2D eigenvalue weighted by atomic mass is 32.2. The van der Waals surface area contributed by atoms with Crippen molar-refractivity contribution in [3.05, 3.63) is 65.2 Å². The summed E-state index contributed by atoms with van der Waals surface area (Å²) in [4.78, 5) is 2.41. The maximum Gasteiger partial charge on any atom is 0.283 e. The number of amidine groups is 1. The van der Waals surface area contributed by atoms with Gasteiger partial charge in [0.05, 0.1) is 4.90 Å². The fourth-order valence-electron chi connectivity index (χ4n) is 3.06.